The SMILES string of the molecule is c1csc(-c2nc(CNCc3nnc4n3CCCCC4)cs2)c1. The van der Waals surface area contributed by atoms with Crippen LogP contribution in [0.2, 0.25) is 0 Å². The first-order valence-electron chi connectivity index (χ1n) is 8.00. The summed E-state index contributed by atoms with van der Waals surface area (Å²) in [5, 5.41) is 17.5. The third-order valence-electron chi connectivity index (χ3n) is 4.06. The van der Waals surface area contributed by atoms with Gasteiger partial charge in [0.25, 0.3) is 0 Å². The van der Waals surface area contributed by atoms with E-state index in [2.05, 4.69) is 43.0 Å². The van der Waals surface area contributed by atoms with E-state index in [1.54, 1.807) is 22.7 Å². The summed E-state index contributed by atoms with van der Waals surface area (Å²) in [5.41, 5.74) is 1.09. The van der Waals surface area contributed by atoms with E-state index >= 15 is 0 Å². The summed E-state index contributed by atoms with van der Waals surface area (Å²) >= 11 is 3.44. The number of rotatable bonds is 5. The van der Waals surface area contributed by atoms with Crippen molar-refractivity contribution in [3.63, 3.8) is 0 Å². The molecular formula is C16H19N5S2. The zero-order chi connectivity index (χ0) is 15.5. The molecule has 0 spiro atoms. The number of hydrogen-bond acceptors (Lipinski definition) is 6. The summed E-state index contributed by atoms with van der Waals surface area (Å²) in [7, 11) is 0. The molecule has 1 aliphatic rings. The van der Waals surface area contributed by atoms with Crippen molar-refractivity contribution in [1.29, 1.82) is 0 Å². The maximum absolute atomic E-state index is 4.70. The van der Waals surface area contributed by atoms with Gasteiger partial charge in [0, 0.05) is 24.9 Å². The molecule has 1 N–H and O–H groups in total. The molecule has 0 aromatic carbocycles. The van der Waals surface area contributed by atoms with Gasteiger partial charge in [-0.2, -0.15) is 0 Å². The first kappa shape index (κ1) is 15.0. The van der Waals surface area contributed by atoms with Crippen molar-refractivity contribution < 1.29 is 0 Å². The Balaban J connectivity index is 1.36. The summed E-state index contributed by atoms with van der Waals surface area (Å²) in [6.07, 6.45) is 4.81. The van der Waals surface area contributed by atoms with Crippen molar-refractivity contribution >= 4 is 22.7 Å². The van der Waals surface area contributed by atoms with Crippen molar-refractivity contribution in [1.82, 2.24) is 25.1 Å². The minimum absolute atomic E-state index is 0.749. The van der Waals surface area contributed by atoms with E-state index < -0.39 is 0 Å². The molecule has 0 atom stereocenters. The molecule has 1 aliphatic heterocycles. The highest BCUT2D eigenvalue weighted by Crippen LogP contribution is 2.27. The van der Waals surface area contributed by atoms with Gasteiger partial charge in [0.1, 0.15) is 16.7 Å². The highest BCUT2D eigenvalue weighted by atomic mass is 32.1. The Morgan fingerprint density at radius 1 is 1.13 bits per heavy atom. The molecular weight excluding hydrogens is 326 g/mol. The molecule has 5 nitrogen and oxygen atoms in total. The van der Waals surface area contributed by atoms with Gasteiger partial charge < -0.3 is 9.88 Å². The first-order chi connectivity index (χ1) is 11.4. The van der Waals surface area contributed by atoms with Crippen LogP contribution in [0.25, 0.3) is 9.88 Å². The van der Waals surface area contributed by atoms with E-state index in [1.807, 2.05) is 0 Å². The molecule has 0 aliphatic carbocycles. The number of nitrogens with one attached hydrogen (secondary N) is 1. The fourth-order valence-electron chi connectivity index (χ4n) is 2.88. The van der Waals surface area contributed by atoms with Crippen LogP contribution >= 0.6 is 22.7 Å². The Morgan fingerprint density at radius 2 is 2.13 bits per heavy atom. The predicted octanol–water partition coefficient (Wildman–Crippen LogP) is 3.48. The molecule has 0 fully saturated rings. The summed E-state index contributed by atoms with van der Waals surface area (Å²) in [6.45, 7) is 2.57. The number of thiazole rings is 1. The zero-order valence-corrected chi connectivity index (χ0v) is 14.5. The number of hydrogen-bond donors (Lipinski definition) is 1. The van der Waals surface area contributed by atoms with Crippen LogP contribution in [0.3, 0.4) is 0 Å². The lowest BCUT2D eigenvalue weighted by Gasteiger charge is -2.07. The number of fused-ring (bicyclic) bond motifs is 1. The van der Waals surface area contributed by atoms with Crippen molar-refractivity contribution in [2.75, 3.05) is 0 Å². The monoisotopic (exact) mass is 345 g/mol. The van der Waals surface area contributed by atoms with Gasteiger partial charge in [-0.3, -0.25) is 0 Å². The van der Waals surface area contributed by atoms with Gasteiger partial charge >= 0.3 is 0 Å². The van der Waals surface area contributed by atoms with Crippen LogP contribution in [0, 0.1) is 0 Å². The van der Waals surface area contributed by atoms with Crippen LogP contribution in [0.15, 0.2) is 22.9 Å². The average Bonchev–Trinajstić information content (AvgIpc) is 3.27. The molecule has 0 unspecified atom stereocenters. The Bertz CT molecular complexity index is 759. The van der Waals surface area contributed by atoms with Crippen LogP contribution in [0.4, 0.5) is 0 Å². The number of aromatic nitrogens is 4. The van der Waals surface area contributed by atoms with Gasteiger partial charge in [0.15, 0.2) is 0 Å². The fourth-order valence-corrected chi connectivity index (χ4v) is 4.51. The van der Waals surface area contributed by atoms with Crippen LogP contribution < -0.4 is 5.32 Å². The second-order valence-corrected chi connectivity index (χ2v) is 7.53. The van der Waals surface area contributed by atoms with Gasteiger partial charge in [-0.15, -0.1) is 32.9 Å². The minimum atomic E-state index is 0.749. The van der Waals surface area contributed by atoms with Crippen LogP contribution in [-0.4, -0.2) is 19.7 Å². The standard InChI is InChI=1S/C16H19N5S2/c1-2-6-14-19-20-15(21(14)7-3-1)10-17-9-12-11-23-16(18-12)13-5-4-8-22-13/h4-5,8,11,17H,1-3,6-7,9-10H2. The quantitative estimate of drug-likeness (QED) is 0.769. The third kappa shape index (κ3) is 3.36. The van der Waals surface area contributed by atoms with Gasteiger partial charge in [-0.25, -0.2) is 4.98 Å². The molecule has 7 heteroatoms. The smallest absolute Gasteiger partial charge is 0.147 e. The Kier molecular flexibility index (Phi) is 4.50. The number of aryl methyl sites for hydroxylation is 1. The van der Waals surface area contributed by atoms with Crippen molar-refractivity contribution in [2.24, 2.45) is 0 Å². The van der Waals surface area contributed by atoms with E-state index in [1.165, 1.54) is 24.1 Å². The third-order valence-corrected chi connectivity index (χ3v) is 5.99. The molecule has 0 radical (unpaired) electrons. The molecule has 0 bridgehead atoms. The average molecular weight is 345 g/mol. The molecule has 4 rings (SSSR count). The molecule has 0 saturated carbocycles. The largest absolute Gasteiger partial charge is 0.314 e. The number of thiophene rings is 1. The Labute approximate surface area is 143 Å². The van der Waals surface area contributed by atoms with Crippen LogP contribution in [0.1, 0.15) is 36.6 Å². The van der Waals surface area contributed by atoms with Crippen molar-refractivity contribution in [3.05, 3.63) is 40.2 Å². The van der Waals surface area contributed by atoms with E-state index in [9.17, 15) is 0 Å². The van der Waals surface area contributed by atoms with Gasteiger partial charge in [-0.05, 0) is 24.3 Å². The van der Waals surface area contributed by atoms with E-state index in [4.69, 9.17) is 4.98 Å². The normalized spacial score (nSPS) is 14.6. The van der Waals surface area contributed by atoms with E-state index in [-0.39, 0.29) is 0 Å². The summed E-state index contributed by atoms with van der Waals surface area (Å²) in [4.78, 5) is 5.94. The summed E-state index contributed by atoms with van der Waals surface area (Å²) < 4.78 is 2.29. The van der Waals surface area contributed by atoms with Gasteiger partial charge in [0.05, 0.1) is 17.1 Å². The lowest BCUT2D eigenvalue weighted by molar-refractivity contribution is 0.570. The van der Waals surface area contributed by atoms with Crippen molar-refractivity contribution in [3.8, 4) is 9.88 Å². The highest BCUT2D eigenvalue weighted by Gasteiger charge is 2.14. The molecule has 0 saturated heterocycles. The maximum Gasteiger partial charge on any atom is 0.147 e. The molecule has 3 aromatic heterocycles. The Morgan fingerprint density at radius 3 is 3.04 bits per heavy atom. The first-order valence-corrected chi connectivity index (χ1v) is 9.76. The fraction of sp³-hybridized carbons (Fsp3) is 0.438. The molecule has 23 heavy (non-hydrogen) atoms. The van der Waals surface area contributed by atoms with Crippen molar-refractivity contribution in [2.45, 2.75) is 45.3 Å². The minimum Gasteiger partial charge on any atom is -0.314 e. The lowest BCUT2D eigenvalue weighted by Crippen LogP contribution is -2.17. The molecule has 3 aromatic rings. The van der Waals surface area contributed by atoms with Crippen LogP contribution in [0.5, 0.6) is 0 Å². The molecule has 4 heterocycles. The summed E-state index contributed by atoms with van der Waals surface area (Å²) in [5.74, 6) is 2.20. The topological polar surface area (TPSA) is 55.6 Å². The second kappa shape index (κ2) is 6.90. The maximum atomic E-state index is 4.70. The molecule has 0 amide bonds. The Hall–Kier alpha value is -1.57. The van der Waals surface area contributed by atoms with Gasteiger partial charge in [-0.1, -0.05) is 12.5 Å². The van der Waals surface area contributed by atoms with E-state index in [0.717, 1.165) is 48.4 Å². The lowest BCUT2D eigenvalue weighted by atomic mass is 10.2. The second-order valence-electron chi connectivity index (χ2n) is 5.72. The van der Waals surface area contributed by atoms with E-state index in [0.29, 0.717) is 0 Å². The van der Waals surface area contributed by atoms with Crippen LogP contribution in [-0.2, 0) is 26.1 Å². The predicted molar refractivity (Wildman–Crippen MR) is 93.5 cm³/mol. The van der Waals surface area contributed by atoms with Gasteiger partial charge in [0.2, 0.25) is 0 Å². The zero-order valence-electron chi connectivity index (χ0n) is 12.9. The molecule has 120 valence electrons. The summed E-state index contributed by atoms with van der Waals surface area (Å²) in [6, 6.07) is 4.18. The number of nitrogens with zero attached hydrogens (tertiary/aromatic N) is 4. The highest BCUT2D eigenvalue weighted by molar-refractivity contribution is 7.20.